The van der Waals surface area contributed by atoms with Crippen molar-refractivity contribution in [2.45, 2.75) is 43.9 Å². The first-order valence-corrected chi connectivity index (χ1v) is 8.90. The van der Waals surface area contributed by atoms with Gasteiger partial charge in [-0.2, -0.15) is 0 Å². The first kappa shape index (κ1) is 20.5. The molecule has 28 heavy (non-hydrogen) atoms. The zero-order valence-corrected chi connectivity index (χ0v) is 15.1. The summed E-state index contributed by atoms with van der Waals surface area (Å²) >= 11 is 0. The first-order chi connectivity index (χ1) is 13.5. The van der Waals surface area contributed by atoms with Crippen LogP contribution in [0.4, 0.5) is 0 Å². The van der Waals surface area contributed by atoms with Gasteiger partial charge in [0.2, 0.25) is 6.29 Å². The van der Waals surface area contributed by atoms with E-state index >= 15 is 0 Å². The second-order valence-electron chi connectivity index (χ2n) is 6.57. The van der Waals surface area contributed by atoms with Crippen molar-refractivity contribution in [1.82, 2.24) is 0 Å². The molecular weight excluding hydrogens is 368 g/mol. The highest BCUT2D eigenvalue weighted by molar-refractivity contribution is 5.27. The lowest BCUT2D eigenvalue weighted by atomic mass is 9.99. The summed E-state index contributed by atoms with van der Waals surface area (Å²) < 4.78 is 17.1. The Morgan fingerprint density at radius 2 is 1.50 bits per heavy atom. The largest absolute Gasteiger partial charge is 0.508 e. The van der Waals surface area contributed by atoms with Crippen LogP contribution in [0.25, 0.3) is 0 Å². The van der Waals surface area contributed by atoms with Gasteiger partial charge in [-0.1, -0.05) is 24.3 Å². The molecular formula is C20H24O8. The van der Waals surface area contributed by atoms with E-state index in [1.54, 1.807) is 36.4 Å². The van der Waals surface area contributed by atoms with Crippen LogP contribution in [0.1, 0.15) is 11.1 Å². The fraction of sp³-hybridized carbons (Fsp3) is 0.400. The number of aliphatic hydroxyl groups excluding tert-OH is 4. The highest BCUT2D eigenvalue weighted by Crippen LogP contribution is 2.27. The van der Waals surface area contributed by atoms with E-state index in [0.717, 1.165) is 5.56 Å². The molecule has 0 saturated carbocycles. The molecule has 0 aromatic heterocycles. The molecule has 0 spiro atoms. The summed E-state index contributed by atoms with van der Waals surface area (Å²) in [5, 5.41) is 48.5. The molecule has 8 heteroatoms. The van der Waals surface area contributed by atoms with E-state index in [-0.39, 0.29) is 19.0 Å². The summed E-state index contributed by atoms with van der Waals surface area (Å²) in [7, 11) is 0. The molecule has 1 saturated heterocycles. The highest BCUT2D eigenvalue weighted by Gasteiger charge is 2.46. The molecule has 0 radical (unpaired) electrons. The number of hydrogen-bond donors (Lipinski definition) is 5. The van der Waals surface area contributed by atoms with Crippen LogP contribution in [-0.4, -0.2) is 62.8 Å². The van der Waals surface area contributed by atoms with Crippen LogP contribution >= 0.6 is 0 Å². The Labute approximate surface area is 162 Å². The van der Waals surface area contributed by atoms with Gasteiger partial charge in [-0.05, 0) is 35.4 Å². The second kappa shape index (κ2) is 9.33. The third-order valence-corrected chi connectivity index (χ3v) is 4.56. The molecule has 0 aliphatic carbocycles. The molecule has 2 aromatic rings. The van der Waals surface area contributed by atoms with Crippen molar-refractivity contribution in [3.8, 4) is 11.5 Å². The van der Waals surface area contributed by atoms with E-state index in [9.17, 15) is 20.4 Å². The van der Waals surface area contributed by atoms with Crippen LogP contribution in [0.15, 0.2) is 48.5 Å². The van der Waals surface area contributed by atoms with Crippen molar-refractivity contribution >= 4 is 0 Å². The zero-order chi connectivity index (χ0) is 20.1. The molecule has 1 heterocycles. The smallest absolute Gasteiger partial charge is 0.229 e. The Bertz CT molecular complexity index is 733. The maximum atomic E-state index is 10.5. The van der Waals surface area contributed by atoms with Crippen LogP contribution in [0, 0.1) is 0 Å². The van der Waals surface area contributed by atoms with Gasteiger partial charge in [0, 0.05) is 0 Å². The summed E-state index contributed by atoms with van der Waals surface area (Å²) in [6.45, 7) is -0.506. The maximum absolute atomic E-state index is 10.5. The minimum Gasteiger partial charge on any atom is -0.508 e. The predicted molar refractivity (Wildman–Crippen MR) is 97.4 cm³/mol. The van der Waals surface area contributed by atoms with Crippen molar-refractivity contribution in [2.75, 3.05) is 6.61 Å². The maximum Gasteiger partial charge on any atom is 0.229 e. The summed E-state index contributed by atoms with van der Waals surface area (Å²) in [5.74, 6) is 0.541. The lowest BCUT2D eigenvalue weighted by Crippen LogP contribution is -2.60. The van der Waals surface area contributed by atoms with Crippen molar-refractivity contribution < 1.29 is 39.7 Å². The third-order valence-electron chi connectivity index (χ3n) is 4.56. The Hall–Kier alpha value is -2.20. The average Bonchev–Trinajstić information content (AvgIpc) is 2.72. The van der Waals surface area contributed by atoms with Gasteiger partial charge in [0.25, 0.3) is 0 Å². The van der Waals surface area contributed by atoms with E-state index < -0.39 is 37.3 Å². The minimum atomic E-state index is -1.34. The van der Waals surface area contributed by atoms with Gasteiger partial charge in [-0.25, -0.2) is 0 Å². The van der Waals surface area contributed by atoms with E-state index in [0.29, 0.717) is 11.3 Å². The molecule has 0 amide bonds. The van der Waals surface area contributed by atoms with Gasteiger partial charge in [0.05, 0.1) is 19.8 Å². The molecule has 2 aromatic carbocycles. The number of phenols is 1. The predicted octanol–water partition coefficient (Wildman–Crippen LogP) is 0.288. The van der Waals surface area contributed by atoms with Gasteiger partial charge in [-0.3, -0.25) is 0 Å². The monoisotopic (exact) mass is 392 g/mol. The quantitative estimate of drug-likeness (QED) is 0.455. The van der Waals surface area contributed by atoms with Crippen molar-refractivity contribution in [3.05, 3.63) is 59.7 Å². The third kappa shape index (κ3) is 4.79. The number of benzene rings is 2. The lowest BCUT2D eigenvalue weighted by Gasteiger charge is -2.41. The molecule has 1 fully saturated rings. The molecule has 5 atom stereocenters. The van der Waals surface area contributed by atoms with Gasteiger partial charge in [-0.15, -0.1) is 0 Å². The fourth-order valence-electron chi connectivity index (χ4n) is 2.92. The summed E-state index contributed by atoms with van der Waals surface area (Å²) in [4.78, 5) is 0. The van der Waals surface area contributed by atoms with Gasteiger partial charge in [0.15, 0.2) is 0 Å². The van der Waals surface area contributed by atoms with Crippen molar-refractivity contribution in [1.29, 1.82) is 0 Å². The van der Waals surface area contributed by atoms with Gasteiger partial charge < -0.3 is 39.7 Å². The first-order valence-electron chi connectivity index (χ1n) is 8.90. The summed E-state index contributed by atoms with van der Waals surface area (Å²) in [5.41, 5.74) is 1.45. The van der Waals surface area contributed by atoms with Gasteiger partial charge >= 0.3 is 0 Å². The molecule has 5 N–H and O–H groups in total. The number of aliphatic hydroxyl groups is 4. The molecule has 0 unspecified atom stereocenters. The molecule has 1 aliphatic heterocycles. The Morgan fingerprint density at radius 1 is 0.857 bits per heavy atom. The average molecular weight is 392 g/mol. The molecule has 152 valence electrons. The van der Waals surface area contributed by atoms with Crippen LogP contribution in [0.2, 0.25) is 0 Å². The Kier molecular flexibility index (Phi) is 6.84. The Balaban J connectivity index is 1.74. The number of hydrogen-bond acceptors (Lipinski definition) is 8. The normalized spacial score (nSPS) is 27.5. The molecule has 8 nitrogen and oxygen atoms in total. The van der Waals surface area contributed by atoms with Crippen molar-refractivity contribution in [3.63, 3.8) is 0 Å². The van der Waals surface area contributed by atoms with E-state index in [1.807, 2.05) is 0 Å². The van der Waals surface area contributed by atoms with Crippen molar-refractivity contribution in [2.24, 2.45) is 0 Å². The SMILES string of the molecule is OCc1ccc(O[C@@H]2O[C@H](CO)[C@@H](O)[C@H](O)[C@H]2OCc2ccc(O)cc2)cc1. The molecule has 0 bridgehead atoms. The summed E-state index contributed by atoms with van der Waals surface area (Å²) in [6, 6.07) is 13.0. The van der Waals surface area contributed by atoms with Crippen LogP contribution in [-0.2, 0) is 22.7 Å². The summed E-state index contributed by atoms with van der Waals surface area (Å²) in [6.07, 6.45) is -5.81. The standard InChI is InChI=1S/C20H24O8/c21-9-12-3-7-15(8-4-12)27-20-19(18(25)17(24)16(10-22)28-20)26-11-13-1-5-14(23)6-2-13/h1-8,16-25H,9-11H2/t16-,17-,18+,19-,20-/m1/s1. The topological polar surface area (TPSA) is 129 Å². The number of aromatic hydroxyl groups is 1. The Morgan fingerprint density at radius 3 is 2.11 bits per heavy atom. The van der Waals surface area contributed by atoms with E-state index in [1.165, 1.54) is 12.1 Å². The minimum absolute atomic E-state index is 0.0885. The highest BCUT2D eigenvalue weighted by atomic mass is 16.7. The second-order valence-corrected chi connectivity index (χ2v) is 6.57. The zero-order valence-electron chi connectivity index (χ0n) is 15.1. The molecule has 1 aliphatic rings. The number of ether oxygens (including phenoxy) is 3. The van der Waals surface area contributed by atoms with E-state index in [2.05, 4.69) is 0 Å². The lowest BCUT2D eigenvalue weighted by molar-refractivity contribution is -0.289. The van der Waals surface area contributed by atoms with Gasteiger partial charge in [0.1, 0.15) is 35.9 Å². The fourth-order valence-corrected chi connectivity index (χ4v) is 2.92. The van der Waals surface area contributed by atoms with Crippen LogP contribution in [0.5, 0.6) is 11.5 Å². The van der Waals surface area contributed by atoms with E-state index in [4.69, 9.17) is 19.3 Å². The number of rotatable bonds is 7. The number of phenolic OH excluding ortho intramolecular Hbond substituents is 1. The molecule has 3 rings (SSSR count). The van der Waals surface area contributed by atoms with Crippen LogP contribution < -0.4 is 4.74 Å². The van der Waals surface area contributed by atoms with Crippen LogP contribution in [0.3, 0.4) is 0 Å².